The highest BCUT2D eigenvalue weighted by molar-refractivity contribution is 7.92. The van der Waals surface area contributed by atoms with Gasteiger partial charge in [0.1, 0.15) is 11.5 Å². The number of hydrogen-bond acceptors (Lipinski definition) is 7. The Kier molecular flexibility index (Phi) is 13.1. The molecule has 3 N–H and O–H groups in total. The highest BCUT2D eigenvalue weighted by atomic mass is 35.5. The van der Waals surface area contributed by atoms with Gasteiger partial charge in [0.05, 0.1) is 29.7 Å². The molecular weight excluding hydrogens is 647 g/mol. The largest absolute Gasteiger partial charge is 0.573 e. The molecule has 14 heteroatoms. The molecule has 1 aliphatic rings. The minimum absolute atomic E-state index is 0. The summed E-state index contributed by atoms with van der Waals surface area (Å²) < 4.78 is 74.6. The van der Waals surface area contributed by atoms with E-state index in [9.17, 15) is 31.5 Å². The van der Waals surface area contributed by atoms with Crippen molar-refractivity contribution in [3.8, 4) is 11.5 Å². The molecular formula is C32H39ClF3N3O6S. The molecule has 0 aromatic heterocycles. The van der Waals surface area contributed by atoms with E-state index < -0.39 is 34.4 Å². The number of amides is 1. The van der Waals surface area contributed by atoms with Crippen molar-refractivity contribution in [3.05, 3.63) is 89.5 Å². The molecule has 46 heavy (non-hydrogen) atoms. The molecule has 4 rings (SSSR count). The summed E-state index contributed by atoms with van der Waals surface area (Å²) in [5.74, 6) is -0.525. The zero-order chi connectivity index (χ0) is 32.6. The van der Waals surface area contributed by atoms with Crippen molar-refractivity contribution in [1.82, 2.24) is 10.6 Å². The normalized spacial score (nSPS) is 15.8. The molecule has 0 aliphatic carbocycles. The molecule has 1 saturated heterocycles. The fraction of sp³-hybridized carbons (Fsp3) is 0.406. The van der Waals surface area contributed by atoms with Crippen LogP contribution in [-0.2, 0) is 23.0 Å². The number of rotatable bonds is 13. The third-order valence-electron chi connectivity index (χ3n) is 7.06. The van der Waals surface area contributed by atoms with Gasteiger partial charge in [-0.3, -0.25) is 9.10 Å². The maximum Gasteiger partial charge on any atom is 0.573 e. The number of ether oxygens (including phenoxy) is 2. The van der Waals surface area contributed by atoms with Crippen LogP contribution in [0.5, 0.6) is 11.5 Å². The molecule has 0 bridgehead atoms. The summed E-state index contributed by atoms with van der Waals surface area (Å²) in [6.07, 6.45) is -4.61. The van der Waals surface area contributed by atoms with Crippen molar-refractivity contribution in [2.75, 3.05) is 23.1 Å². The zero-order valence-electron chi connectivity index (χ0n) is 25.5. The first-order valence-corrected chi connectivity index (χ1v) is 16.3. The number of benzene rings is 3. The monoisotopic (exact) mass is 685 g/mol. The Balaban J connectivity index is 0.00000576. The van der Waals surface area contributed by atoms with Gasteiger partial charge in [-0.25, -0.2) is 8.42 Å². The van der Waals surface area contributed by atoms with E-state index >= 15 is 0 Å². The van der Waals surface area contributed by atoms with E-state index in [0.29, 0.717) is 36.4 Å². The van der Waals surface area contributed by atoms with Gasteiger partial charge in [0.2, 0.25) is 10.0 Å². The van der Waals surface area contributed by atoms with Gasteiger partial charge in [0, 0.05) is 31.3 Å². The van der Waals surface area contributed by atoms with E-state index in [1.54, 1.807) is 12.1 Å². The lowest BCUT2D eigenvalue weighted by atomic mass is 10.00. The number of nitrogens with zero attached hydrogens (tertiary/aromatic N) is 1. The Morgan fingerprint density at radius 1 is 0.978 bits per heavy atom. The van der Waals surface area contributed by atoms with Crippen LogP contribution in [0.4, 0.5) is 18.9 Å². The highest BCUT2D eigenvalue weighted by Gasteiger charge is 2.31. The van der Waals surface area contributed by atoms with E-state index in [4.69, 9.17) is 4.74 Å². The second-order valence-electron chi connectivity index (χ2n) is 11.1. The van der Waals surface area contributed by atoms with Gasteiger partial charge in [-0.05, 0) is 68.5 Å². The number of aliphatic hydroxyl groups excluding tert-OH is 1. The fourth-order valence-electron chi connectivity index (χ4n) is 5.04. The van der Waals surface area contributed by atoms with Crippen molar-refractivity contribution in [2.24, 2.45) is 0 Å². The molecule has 3 aromatic carbocycles. The Labute approximate surface area is 273 Å². The zero-order valence-corrected chi connectivity index (χ0v) is 27.1. The highest BCUT2D eigenvalue weighted by Crippen LogP contribution is 2.30. The van der Waals surface area contributed by atoms with Gasteiger partial charge in [0.15, 0.2) is 0 Å². The summed E-state index contributed by atoms with van der Waals surface area (Å²) in [6.45, 7) is 4.09. The molecule has 0 radical (unpaired) electrons. The minimum Gasteiger partial charge on any atom is -0.491 e. The van der Waals surface area contributed by atoms with Crippen molar-refractivity contribution < 1.29 is 41.0 Å². The Morgan fingerprint density at radius 2 is 1.70 bits per heavy atom. The maximum atomic E-state index is 13.7. The number of halogens is 4. The summed E-state index contributed by atoms with van der Waals surface area (Å²) >= 11 is 0. The lowest BCUT2D eigenvalue weighted by molar-refractivity contribution is -0.274. The molecule has 1 aliphatic heterocycles. The van der Waals surface area contributed by atoms with Gasteiger partial charge >= 0.3 is 6.36 Å². The maximum absolute atomic E-state index is 13.7. The molecule has 3 aromatic rings. The van der Waals surface area contributed by atoms with Crippen LogP contribution in [0.15, 0.2) is 72.8 Å². The topological polar surface area (TPSA) is 117 Å². The van der Waals surface area contributed by atoms with Gasteiger partial charge in [-0.1, -0.05) is 42.5 Å². The van der Waals surface area contributed by atoms with E-state index in [0.717, 1.165) is 5.56 Å². The van der Waals surface area contributed by atoms with Crippen LogP contribution in [0.1, 0.15) is 48.2 Å². The first kappa shape index (κ1) is 36.9. The van der Waals surface area contributed by atoms with Gasteiger partial charge in [0.25, 0.3) is 5.91 Å². The fourth-order valence-corrected chi connectivity index (χ4v) is 6.66. The Bertz CT molecular complexity index is 1540. The molecule has 0 unspecified atom stereocenters. The minimum atomic E-state index is -4.81. The quantitative estimate of drug-likeness (QED) is 0.226. The predicted octanol–water partition coefficient (Wildman–Crippen LogP) is 5.22. The van der Waals surface area contributed by atoms with Crippen molar-refractivity contribution in [1.29, 1.82) is 0 Å². The lowest BCUT2D eigenvalue weighted by Crippen LogP contribution is -2.48. The molecule has 252 valence electrons. The number of nitrogens with one attached hydrogen (secondary N) is 2. The molecule has 2 atom stereocenters. The van der Waals surface area contributed by atoms with Crippen LogP contribution < -0.4 is 24.4 Å². The second kappa shape index (κ2) is 16.3. The number of alkyl halides is 3. The first-order valence-electron chi connectivity index (χ1n) is 14.7. The van der Waals surface area contributed by atoms with Crippen LogP contribution >= 0.6 is 12.4 Å². The van der Waals surface area contributed by atoms with Crippen LogP contribution in [0, 0.1) is 0 Å². The SMILES string of the molecule is CC(C)Oc1cc(C(=O)N[C@@H](Cc2ccccc2)[C@H](O)CNCc2cccc(OC(F)(F)F)c2)cc(N2CCCCS2(=O)=O)c1.Cl. The number of hydrogen-bond donors (Lipinski definition) is 3. The summed E-state index contributed by atoms with van der Waals surface area (Å²) in [5.41, 5.74) is 1.87. The second-order valence-corrected chi connectivity index (χ2v) is 13.2. The first-order chi connectivity index (χ1) is 21.3. The van der Waals surface area contributed by atoms with Crippen molar-refractivity contribution in [3.63, 3.8) is 0 Å². The smallest absolute Gasteiger partial charge is 0.491 e. The predicted molar refractivity (Wildman–Crippen MR) is 172 cm³/mol. The summed E-state index contributed by atoms with van der Waals surface area (Å²) in [5, 5.41) is 17.1. The molecule has 1 heterocycles. The number of carbonyl (C=O) groups excluding carboxylic acids is 1. The van der Waals surface area contributed by atoms with Gasteiger partial charge in [-0.2, -0.15) is 0 Å². The summed E-state index contributed by atoms with van der Waals surface area (Å²) in [6, 6.07) is 18.6. The van der Waals surface area contributed by atoms with E-state index in [1.165, 1.54) is 34.6 Å². The number of aliphatic hydroxyl groups is 1. The standard InChI is InChI=1S/C32H38F3N3O6S.ClH/c1-22(2)43-28-18-25(17-26(19-28)38-13-6-7-14-45(38,41)42)31(40)37-29(16-23-9-4-3-5-10-23)30(39)21-36-20-24-11-8-12-27(15-24)44-32(33,34)35;/h3-5,8-12,15,17-19,22,29-30,36,39H,6-7,13-14,16,20-21H2,1-2H3,(H,37,40);1H/t29-,30+;/m0./s1. The average molecular weight is 686 g/mol. The molecule has 1 amide bonds. The van der Waals surface area contributed by atoms with E-state index in [-0.39, 0.29) is 55.1 Å². The third-order valence-corrected chi connectivity index (χ3v) is 8.93. The van der Waals surface area contributed by atoms with Gasteiger partial charge in [-0.15, -0.1) is 25.6 Å². The summed E-state index contributed by atoms with van der Waals surface area (Å²) in [4.78, 5) is 13.7. The molecule has 1 fully saturated rings. The number of carbonyl (C=O) groups is 1. The van der Waals surface area contributed by atoms with Gasteiger partial charge < -0.3 is 25.2 Å². The van der Waals surface area contributed by atoms with Crippen LogP contribution in [0.25, 0.3) is 0 Å². The molecule has 0 saturated carbocycles. The Hall–Kier alpha value is -3.52. The molecule has 9 nitrogen and oxygen atoms in total. The van der Waals surface area contributed by atoms with E-state index in [1.807, 2.05) is 44.2 Å². The number of anilines is 1. The van der Waals surface area contributed by atoms with Crippen LogP contribution in [0.3, 0.4) is 0 Å². The third kappa shape index (κ3) is 11.1. The van der Waals surface area contributed by atoms with Crippen molar-refractivity contribution in [2.45, 2.75) is 64.3 Å². The average Bonchev–Trinajstić information content (AvgIpc) is 2.96. The number of sulfonamides is 1. The van der Waals surface area contributed by atoms with Crippen LogP contribution in [0.2, 0.25) is 0 Å². The van der Waals surface area contributed by atoms with Crippen molar-refractivity contribution >= 4 is 34.0 Å². The van der Waals surface area contributed by atoms with E-state index in [2.05, 4.69) is 15.4 Å². The molecule has 0 spiro atoms. The van der Waals surface area contributed by atoms with Crippen LogP contribution in [-0.4, -0.2) is 62.9 Å². The lowest BCUT2D eigenvalue weighted by Gasteiger charge is -2.29. The Morgan fingerprint density at radius 3 is 2.37 bits per heavy atom. The summed E-state index contributed by atoms with van der Waals surface area (Å²) in [7, 11) is -3.55.